The molecule has 0 atom stereocenters. The van der Waals surface area contributed by atoms with E-state index in [-0.39, 0.29) is 5.97 Å². The second kappa shape index (κ2) is 8.93. The maximum absolute atomic E-state index is 13.1. The Morgan fingerprint density at radius 2 is 1.61 bits per heavy atom. The van der Waals surface area contributed by atoms with Gasteiger partial charge in [-0.3, -0.25) is 0 Å². The molecule has 0 aliphatic heterocycles. The molecule has 0 saturated carbocycles. The Labute approximate surface area is 201 Å². The zero-order valence-electron chi connectivity index (χ0n) is 18.0. The second-order valence-corrected chi connectivity index (χ2v) is 8.78. The van der Waals surface area contributed by atoms with E-state index >= 15 is 0 Å². The average molecular weight is 474 g/mol. The maximum atomic E-state index is 13.1. The third-order valence-corrected chi connectivity index (χ3v) is 6.28. The molecule has 1 aromatic heterocycles. The number of H-pyrrole nitrogens is 1. The van der Waals surface area contributed by atoms with E-state index < -0.39 is 0 Å². The zero-order valence-corrected chi connectivity index (χ0v) is 19.5. The minimum absolute atomic E-state index is 0.305. The summed E-state index contributed by atoms with van der Waals surface area (Å²) in [5.74, 6) is -0.335. The third-order valence-electron chi connectivity index (χ3n) is 5.80. The molecule has 3 nitrogen and oxygen atoms in total. The van der Waals surface area contributed by atoms with Crippen LogP contribution in [0.5, 0.6) is 0 Å². The molecule has 0 aliphatic rings. The van der Waals surface area contributed by atoms with Gasteiger partial charge >= 0.3 is 5.97 Å². The summed E-state index contributed by atoms with van der Waals surface area (Å²) in [5, 5.41) is 4.33. The smallest absolute Gasteiger partial charge is 0.340 e. The van der Waals surface area contributed by atoms with Crippen LogP contribution in [0.4, 0.5) is 0 Å². The predicted molar refractivity (Wildman–Crippen MR) is 136 cm³/mol. The first kappa shape index (κ1) is 21.6. The van der Waals surface area contributed by atoms with Crippen LogP contribution in [0, 0.1) is 0 Å². The van der Waals surface area contributed by atoms with Crippen molar-refractivity contribution in [3.8, 4) is 11.1 Å². The van der Waals surface area contributed by atoms with Crippen molar-refractivity contribution in [1.29, 1.82) is 0 Å². The summed E-state index contributed by atoms with van der Waals surface area (Å²) >= 11 is 12.3. The summed E-state index contributed by atoms with van der Waals surface area (Å²) in [6, 6.07) is 25.7. The van der Waals surface area contributed by atoms with E-state index in [1.165, 1.54) is 0 Å². The number of rotatable bonds is 5. The first-order chi connectivity index (χ1) is 16.0. The number of carbonyl (C=O) groups excluding carboxylic acids is 1. The fourth-order valence-electron chi connectivity index (χ4n) is 4.37. The SMILES string of the molecule is CCOC(=O)c1c(Cc2cccc(Cl)c2)[nH]c2c1cc(-c1ccc(Cl)cc1)c1ccccc12. The van der Waals surface area contributed by atoms with Crippen molar-refractivity contribution in [3.05, 3.63) is 106 Å². The number of nitrogens with one attached hydrogen (secondary N) is 1. The lowest BCUT2D eigenvalue weighted by molar-refractivity contribution is 0.0527. The van der Waals surface area contributed by atoms with Crippen molar-refractivity contribution < 1.29 is 9.53 Å². The molecule has 1 heterocycles. The Morgan fingerprint density at radius 3 is 2.33 bits per heavy atom. The monoisotopic (exact) mass is 473 g/mol. The van der Waals surface area contributed by atoms with Crippen molar-refractivity contribution >= 4 is 50.8 Å². The van der Waals surface area contributed by atoms with Crippen LogP contribution in [-0.4, -0.2) is 17.6 Å². The molecule has 5 aromatic rings. The van der Waals surface area contributed by atoms with E-state index in [1.54, 1.807) is 0 Å². The number of aromatic amines is 1. The quantitative estimate of drug-likeness (QED) is 0.262. The molecule has 0 spiro atoms. The Balaban J connectivity index is 1.80. The zero-order chi connectivity index (χ0) is 22.9. The predicted octanol–water partition coefficient (Wildman–Crippen LogP) is 8.06. The van der Waals surface area contributed by atoms with Crippen LogP contribution in [0.25, 0.3) is 32.8 Å². The number of fused-ring (bicyclic) bond motifs is 3. The van der Waals surface area contributed by atoms with E-state index in [1.807, 2.05) is 67.6 Å². The lowest BCUT2D eigenvalue weighted by Gasteiger charge is -2.10. The standard InChI is InChI=1S/C28H21Cl2NO2/c1-2-33-28(32)26-24-16-23(18-10-12-19(29)13-11-18)21-8-3-4-9-22(21)27(24)31-25(26)15-17-6-5-7-20(30)14-17/h3-14,16,31H,2,15H2,1H3. The van der Waals surface area contributed by atoms with Gasteiger partial charge in [0.15, 0.2) is 0 Å². The molecule has 164 valence electrons. The molecule has 5 rings (SSSR count). The van der Waals surface area contributed by atoms with Crippen molar-refractivity contribution in [3.63, 3.8) is 0 Å². The molecule has 5 heteroatoms. The maximum Gasteiger partial charge on any atom is 0.340 e. The van der Waals surface area contributed by atoms with Crippen molar-refractivity contribution in [2.45, 2.75) is 13.3 Å². The second-order valence-electron chi connectivity index (χ2n) is 7.90. The Morgan fingerprint density at radius 1 is 0.848 bits per heavy atom. The molecule has 0 saturated heterocycles. The summed E-state index contributed by atoms with van der Waals surface area (Å²) in [5.41, 5.74) is 5.38. The number of benzene rings is 4. The highest BCUT2D eigenvalue weighted by Gasteiger charge is 2.22. The van der Waals surface area contributed by atoms with Gasteiger partial charge in [-0.15, -0.1) is 0 Å². The first-order valence-electron chi connectivity index (χ1n) is 10.8. The van der Waals surface area contributed by atoms with Gasteiger partial charge in [-0.2, -0.15) is 0 Å². The molecule has 0 unspecified atom stereocenters. The molecule has 4 aromatic carbocycles. The van der Waals surface area contributed by atoms with Crippen LogP contribution in [0.15, 0.2) is 78.9 Å². The van der Waals surface area contributed by atoms with Gasteiger partial charge in [0.05, 0.1) is 17.7 Å². The molecule has 0 aliphatic carbocycles. The fraction of sp³-hybridized carbons (Fsp3) is 0.107. The minimum Gasteiger partial charge on any atom is -0.462 e. The summed E-state index contributed by atoms with van der Waals surface area (Å²) in [7, 11) is 0. The number of ether oxygens (including phenoxy) is 1. The van der Waals surface area contributed by atoms with Gasteiger partial charge in [0.25, 0.3) is 0 Å². The highest BCUT2D eigenvalue weighted by molar-refractivity contribution is 6.31. The average Bonchev–Trinajstić information content (AvgIpc) is 3.17. The number of halogens is 2. The molecule has 0 fully saturated rings. The van der Waals surface area contributed by atoms with E-state index in [4.69, 9.17) is 27.9 Å². The molecule has 0 bridgehead atoms. The van der Waals surface area contributed by atoms with Crippen LogP contribution in [-0.2, 0) is 11.2 Å². The lowest BCUT2D eigenvalue weighted by Crippen LogP contribution is -2.07. The molecular formula is C28H21Cl2NO2. The first-order valence-corrected chi connectivity index (χ1v) is 11.5. The van der Waals surface area contributed by atoms with E-state index in [0.29, 0.717) is 28.6 Å². The van der Waals surface area contributed by atoms with Gasteiger partial charge in [0, 0.05) is 32.9 Å². The van der Waals surface area contributed by atoms with Crippen molar-refractivity contribution in [1.82, 2.24) is 4.98 Å². The van der Waals surface area contributed by atoms with E-state index in [2.05, 4.69) is 23.2 Å². The molecule has 0 radical (unpaired) electrons. The molecule has 1 N–H and O–H groups in total. The fourth-order valence-corrected chi connectivity index (χ4v) is 4.71. The van der Waals surface area contributed by atoms with Gasteiger partial charge in [-0.25, -0.2) is 4.79 Å². The van der Waals surface area contributed by atoms with Crippen molar-refractivity contribution in [2.75, 3.05) is 6.61 Å². The highest BCUT2D eigenvalue weighted by atomic mass is 35.5. The topological polar surface area (TPSA) is 42.1 Å². The summed E-state index contributed by atoms with van der Waals surface area (Å²) in [6.07, 6.45) is 0.536. The third kappa shape index (κ3) is 4.10. The van der Waals surface area contributed by atoms with Crippen LogP contribution >= 0.6 is 23.2 Å². The number of carbonyl (C=O) groups is 1. The lowest BCUT2D eigenvalue weighted by atomic mass is 9.94. The van der Waals surface area contributed by atoms with Gasteiger partial charge in [-0.1, -0.05) is 71.7 Å². The molecule has 0 amide bonds. The van der Waals surface area contributed by atoms with Crippen LogP contribution in [0.2, 0.25) is 10.0 Å². The summed E-state index contributed by atoms with van der Waals surface area (Å²) in [4.78, 5) is 16.7. The molecular weight excluding hydrogens is 453 g/mol. The number of hydrogen-bond donors (Lipinski definition) is 1. The summed E-state index contributed by atoms with van der Waals surface area (Å²) < 4.78 is 5.47. The van der Waals surface area contributed by atoms with Crippen LogP contribution in [0.1, 0.15) is 28.5 Å². The summed E-state index contributed by atoms with van der Waals surface area (Å²) in [6.45, 7) is 2.12. The highest BCUT2D eigenvalue weighted by Crippen LogP contribution is 2.38. The number of esters is 1. The molecule has 33 heavy (non-hydrogen) atoms. The Kier molecular flexibility index (Phi) is 5.84. The van der Waals surface area contributed by atoms with Crippen molar-refractivity contribution in [2.24, 2.45) is 0 Å². The van der Waals surface area contributed by atoms with Gasteiger partial charge in [-0.05, 0) is 59.3 Å². The Hall–Kier alpha value is -3.27. The van der Waals surface area contributed by atoms with E-state index in [0.717, 1.165) is 44.1 Å². The van der Waals surface area contributed by atoms with E-state index in [9.17, 15) is 4.79 Å². The number of aromatic nitrogens is 1. The normalized spacial score (nSPS) is 11.2. The van der Waals surface area contributed by atoms with Gasteiger partial charge < -0.3 is 9.72 Å². The van der Waals surface area contributed by atoms with Crippen LogP contribution in [0.3, 0.4) is 0 Å². The van der Waals surface area contributed by atoms with Gasteiger partial charge in [0.2, 0.25) is 0 Å². The minimum atomic E-state index is -0.335. The van der Waals surface area contributed by atoms with Gasteiger partial charge in [0.1, 0.15) is 0 Å². The largest absolute Gasteiger partial charge is 0.462 e. The van der Waals surface area contributed by atoms with Crippen LogP contribution < -0.4 is 0 Å². The number of hydrogen-bond acceptors (Lipinski definition) is 2. The Bertz CT molecular complexity index is 1490.